The lowest BCUT2D eigenvalue weighted by Crippen LogP contribution is -2.36. The molecule has 6 nitrogen and oxygen atoms in total. The van der Waals surface area contributed by atoms with Gasteiger partial charge in [-0.3, -0.25) is 4.79 Å². The van der Waals surface area contributed by atoms with E-state index in [9.17, 15) is 9.90 Å². The first kappa shape index (κ1) is 15.4. The van der Waals surface area contributed by atoms with E-state index in [0.717, 1.165) is 41.2 Å². The summed E-state index contributed by atoms with van der Waals surface area (Å²) >= 11 is 0. The predicted molar refractivity (Wildman–Crippen MR) is 99.9 cm³/mol. The van der Waals surface area contributed by atoms with Crippen molar-refractivity contribution >= 4 is 16.5 Å². The molecule has 26 heavy (non-hydrogen) atoms. The van der Waals surface area contributed by atoms with Gasteiger partial charge in [-0.25, -0.2) is 4.68 Å². The Morgan fingerprint density at radius 2 is 1.85 bits per heavy atom. The van der Waals surface area contributed by atoms with Crippen LogP contribution in [0.3, 0.4) is 0 Å². The highest BCUT2D eigenvalue weighted by molar-refractivity contribution is 6.07. The third-order valence-electron chi connectivity index (χ3n) is 5.31. The second-order valence-electron chi connectivity index (χ2n) is 6.93. The monoisotopic (exact) mass is 349 g/mol. The smallest absolute Gasteiger partial charge is 0.276 e. The summed E-state index contributed by atoms with van der Waals surface area (Å²) in [6.07, 6.45) is 1.16. The number of ether oxygens (including phenoxy) is 1. The molecule has 2 aliphatic heterocycles. The zero-order chi connectivity index (χ0) is 17.8. The van der Waals surface area contributed by atoms with E-state index in [-0.39, 0.29) is 11.7 Å². The summed E-state index contributed by atoms with van der Waals surface area (Å²) in [6, 6.07) is 11.6. The van der Waals surface area contributed by atoms with Gasteiger partial charge in [0.1, 0.15) is 17.2 Å². The van der Waals surface area contributed by atoms with Gasteiger partial charge in [-0.05, 0) is 37.1 Å². The van der Waals surface area contributed by atoms with Crippen molar-refractivity contribution < 1.29 is 9.84 Å². The molecule has 0 amide bonds. The summed E-state index contributed by atoms with van der Waals surface area (Å²) in [6.45, 7) is 1.46. The molecule has 0 saturated carbocycles. The highest BCUT2D eigenvalue weighted by atomic mass is 16.5. The van der Waals surface area contributed by atoms with E-state index in [1.807, 2.05) is 36.4 Å². The average molecular weight is 349 g/mol. The van der Waals surface area contributed by atoms with Gasteiger partial charge in [-0.1, -0.05) is 12.1 Å². The second kappa shape index (κ2) is 5.57. The highest BCUT2D eigenvalue weighted by Gasteiger charge is 2.27. The normalized spacial score (nSPS) is 16.5. The molecule has 0 bridgehead atoms. The van der Waals surface area contributed by atoms with E-state index in [1.54, 1.807) is 7.05 Å². The Hall–Kier alpha value is -2.86. The average Bonchev–Trinajstić information content (AvgIpc) is 2.66. The fourth-order valence-electron chi connectivity index (χ4n) is 3.94. The van der Waals surface area contributed by atoms with Crippen molar-refractivity contribution in [2.75, 3.05) is 18.0 Å². The minimum absolute atomic E-state index is 0.130. The summed E-state index contributed by atoms with van der Waals surface area (Å²) in [4.78, 5) is 15.2. The Morgan fingerprint density at radius 3 is 2.65 bits per heavy atom. The minimum Gasteiger partial charge on any atom is -0.456 e. The van der Waals surface area contributed by atoms with Crippen molar-refractivity contribution in [2.24, 2.45) is 7.05 Å². The van der Waals surface area contributed by atoms with E-state index >= 15 is 0 Å². The molecule has 6 heteroatoms. The molecule has 132 valence electrons. The number of fused-ring (bicyclic) bond motifs is 2. The molecule has 1 fully saturated rings. The number of anilines is 1. The molecule has 1 saturated heterocycles. The van der Waals surface area contributed by atoms with Crippen molar-refractivity contribution in [3.05, 3.63) is 46.8 Å². The predicted octanol–water partition coefficient (Wildman–Crippen LogP) is 2.67. The van der Waals surface area contributed by atoms with Crippen LogP contribution in [0.5, 0.6) is 11.5 Å². The number of benzene rings is 2. The maximum atomic E-state index is 13.0. The Labute approximate surface area is 150 Å². The van der Waals surface area contributed by atoms with Crippen molar-refractivity contribution in [3.63, 3.8) is 0 Å². The van der Waals surface area contributed by atoms with Gasteiger partial charge < -0.3 is 14.7 Å². The molecular formula is C20H19N3O3. The summed E-state index contributed by atoms with van der Waals surface area (Å²) in [5, 5.41) is 15.8. The number of aromatic nitrogens is 2. The number of aliphatic hydroxyl groups excluding tert-OH is 1. The number of rotatable bonds is 1. The molecule has 3 aromatic rings. The molecule has 2 aliphatic rings. The maximum absolute atomic E-state index is 13.0. The lowest BCUT2D eigenvalue weighted by Gasteiger charge is -2.33. The zero-order valence-corrected chi connectivity index (χ0v) is 14.5. The molecule has 5 rings (SSSR count). The van der Waals surface area contributed by atoms with Crippen LogP contribution < -0.4 is 15.2 Å². The van der Waals surface area contributed by atoms with Gasteiger partial charge in [0.05, 0.1) is 22.6 Å². The van der Waals surface area contributed by atoms with Gasteiger partial charge >= 0.3 is 0 Å². The lowest BCUT2D eigenvalue weighted by atomic mass is 9.98. The molecule has 1 aromatic heterocycles. The highest BCUT2D eigenvalue weighted by Crippen LogP contribution is 2.46. The van der Waals surface area contributed by atoms with Crippen molar-refractivity contribution in [1.29, 1.82) is 0 Å². The first-order valence-electron chi connectivity index (χ1n) is 8.88. The van der Waals surface area contributed by atoms with Gasteiger partial charge in [-0.2, -0.15) is 5.10 Å². The molecule has 0 aliphatic carbocycles. The number of piperidine rings is 1. The molecule has 3 heterocycles. The third-order valence-corrected chi connectivity index (χ3v) is 5.31. The van der Waals surface area contributed by atoms with Crippen LogP contribution in [0, 0.1) is 0 Å². The molecular weight excluding hydrogens is 330 g/mol. The quantitative estimate of drug-likeness (QED) is 0.572. The van der Waals surface area contributed by atoms with Gasteiger partial charge in [0.15, 0.2) is 0 Å². The van der Waals surface area contributed by atoms with E-state index in [2.05, 4.69) is 10.00 Å². The minimum atomic E-state index is -0.258. The fraction of sp³-hybridized carbons (Fsp3) is 0.300. The van der Waals surface area contributed by atoms with Crippen molar-refractivity contribution in [3.8, 4) is 22.8 Å². The first-order valence-corrected chi connectivity index (χ1v) is 8.88. The summed E-state index contributed by atoms with van der Waals surface area (Å²) in [5.74, 6) is 1.42. The largest absolute Gasteiger partial charge is 0.456 e. The van der Waals surface area contributed by atoms with Crippen LogP contribution in [0.1, 0.15) is 12.8 Å². The van der Waals surface area contributed by atoms with Crippen LogP contribution in [0.4, 0.5) is 5.69 Å². The summed E-state index contributed by atoms with van der Waals surface area (Å²) in [7, 11) is 1.69. The van der Waals surface area contributed by atoms with Gasteiger partial charge in [0.2, 0.25) is 0 Å². The summed E-state index contributed by atoms with van der Waals surface area (Å²) < 4.78 is 7.47. The zero-order valence-electron chi connectivity index (χ0n) is 14.5. The molecule has 0 unspecified atom stereocenters. The van der Waals surface area contributed by atoms with E-state index in [0.29, 0.717) is 24.0 Å². The number of aryl methyl sites for hydroxylation is 1. The van der Waals surface area contributed by atoms with E-state index in [4.69, 9.17) is 4.74 Å². The maximum Gasteiger partial charge on any atom is 0.276 e. The number of nitrogens with zero attached hydrogens (tertiary/aromatic N) is 3. The van der Waals surface area contributed by atoms with Crippen molar-refractivity contribution in [1.82, 2.24) is 9.78 Å². The number of para-hydroxylation sites is 1. The third kappa shape index (κ3) is 2.15. The second-order valence-corrected chi connectivity index (χ2v) is 6.93. The van der Waals surface area contributed by atoms with E-state index < -0.39 is 0 Å². The molecule has 0 atom stereocenters. The topological polar surface area (TPSA) is 67.6 Å². The SMILES string of the molecule is Cn1nc2c3c(ccc(N4CCC(O)CC4)c3c1=O)Oc1ccccc1-2. The fourth-order valence-corrected chi connectivity index (χ4v) is 3.94. The Kier molecular flexibility index (Phi) is 3.30. The van der Waals surface area contributed by atoms with E-state index in [1.165, 1.54) is 4.68 Å². The molecule has 2 aromatic carbocycles. The lowest BCUT2D eigenvalue weighted by molar-refractivity contribution is 0.145. The van der Waals surface area contributed by atoms with Crippen LogP contribution in [0.2, 0.25) is 0 Å². The number of aliphatic hydroxyl groups is 1. The van der Waals surface area contributed by atoms with Crippen LogP contribution in [0.15, 0.2) is 41.2 Å². The number of hydrogen-bond donors (Lipinski definition) is 1. The van der Waals surface area contributed by atoms with Gasteiger partial charge in [-0.15, -0.1) is 0 Å². The van der Waals surface area contributed by atoms with Crippen LogP contribution >= 0.6 is 0 Å². The van der Waals surface area contributed by atoms with Gasteiger partial charge in [0.25, 0.3) is 5.56 Å². The molecule has 0 radical (unpaired) electrons. The Bertz CT molecular complexity index is 1080. The van der Waals surface area contributed by atoms with Gasteiger partial charge in [0, 0.05) is 25.7 Å². The Balaban J connectivity index is 1.81. The van der Waals surface area contributed by atoms with Crippen LogP contribution in [-0.4, -0.2) is 34.1 Å². The standard InChI is InChI=1S/C20H19N3O3/c1-22-20(25)17-14(23-10-8-12(24)9-11-23)6-7-16-18(17)19(21-22)13-4-2-3-5-15(13)26-16/h2-7,12,24H,8-11H2,1H3. The summed E-state index contributed by atoms with van der Waals surface area (Å²) in [5.41, 5.74) is 2.43. The molecule has 1 N–H and O–H groups in total. The molecule has 0 spiro atoms. The Morgan fingerprint density at radius 1 is 1.08 bits per heavy atom. The van der Waals surface area contributed by atoms with Crippen LogP contribution in [0.25, 0.3) is 22.0 Å². The van der Waals surface area contributed by atoms with Crippen LogP contribution in [-0.2, 0) is 7.05 Å². The van der Waals surface area contributed by atoms with Crippen molar-refractivity contribution in [2.45, 2.75) is 18.9 Å². The first-order chi connectivity index (χ1) is 12.6. The number of hydrogen-bond acceptors (Lipinski definition) is 5.